The smallest absolute Gasteiger partial charge is 0.332 e. The number of amides is 1. The van der Waals surface area contributed by atoms with Gasteiger partial charge in [-0.25, -0.2) is 4.79 Å². The Hall–Kier alpha value is -1.10. The average molecular weight is 217 g/mol. The third-order valence-electron chi connectivity index (χ3n) is 1.81. The highest BCUT2D eigenvalue weighted by molar-refractivity contribution is 5.81. The molecule has 2 N–H and O–H groups in total. The molecule has 88 valence electrons. The molecule has 0 rings (SSSR count). The van der Waals surface area contributed by atoms with Gasteiger partial charge in [0.1, 0.15) is 6.10 Å². The molecule has 0 heterocycles. The molecule has 0 aromatic rings. The molecule has 15 heavy (non-hydrogen) atoms. The molecule has 0 aromatic heterocycles. The zero-order chi connectivity index (χ0) is 12.0. The van der Waals surface area contributed by atoms with Gasteiger partial charge in [0.25, 0.3) is 0 Å². The number of hydrogen-bond donors (Lipinski definition) is 2. The lowest BCUT2D eigenvalue weighted by Gasteiger charge is -2.16. The first kappa shape index (κ1) is 13.9. The topological polar surface area (TPSA) is 75.6 Å². The van der Waals surface area contributed by atoms with Crippen LogP contribution in [0.25, 0.3) is 0 Å². The molecule has 0 fully saturated rings. The number of ether oxygens (including phenoxy) is 1. The minimum atomic E-state index is -1.07. The van der Waals surface area contributed by atoms with Crippen LogP contribution >= 0.6 is 0 Å². The van der Waals surface area contributed by atoms with E-state index >= 15 is 0 Å². The van der Waals surface area contributed by atoms with Gasteiger partial charge < -0.3 is 15.2 Å². The SMILES string of the molecule is CC(C)CNC(=O)C(C)OC(C)C(=O)O. The molecule has 0 spiro atoms. The van der Waals surface area contributed by atoms with Crippen LogP contribution in [0.1, 0.15) is 27.7 Å². The van der Waals surface area contributed by atoms with Crippen LogP contribution in [0.15, 0.2) is 0 Å². The van der Waals surface area contributed by atoms with Gasteiger partial charge in [-0.05, 0) is 19.8 Å². The minimum Gasteiger partial charge on any atom is -0.479 e. The fourth-order valence-electron chi connectivity index (χ4n) is 0.875. The highest BCUT2D eigenvalue weighted by Crippen LogP contribution is 1.99. The molecular formula is C10H19NO4. The van der Waals surface area contributed by atoms with E-state index in [0.29, 0.717) is 12.5 Å². The maximum absolute atomic E-state index is 11.4. The van der Waals surface area contributed by atoms with E-state index in [2.05, 4.69) is 5.32 Å². The summed E-state index contributed by atoms with van der Waals surface area (Å²) in [5.41, 5.74) is 0. The first-order valence-corrected chi connectivity index (χ1v) is 5.00. The first-order valence-electron chi connectivity index (χ1n) is 5.00. The van der Waals surface area contributed by atoms with E-state index < -0.39 is 18.2 Å². The lowest BCUT2D eigenvalue weighted by Crippen LogP contribution is -2.39. The summed E-state index contributed by atoms with van der Waals surface area (Å²) in [5.74, 6) is -0.992. The second-order valence-electron chi connectivity index (χ2n) is 3.90. The molecule has 0 saturated heterocycles. The van der Waals surface area contributed by atoms with Crippen LogP contribution in [0.2, 0.25) is 0 Å². The predicted molar refractivity (Wildman–Crippen MR) is 55.5 cm³/mol. The number of carbonyl (C=O) groups excluding carboxylic acids is 1. The summed E-state index contributed by atoms with van der Waals surface area (Å²) in [6, 6.07) is 0. The van der Waals surface area contributed by atoms with Crippen molar-refractivity contribution in [1.29, 1.82) is 0 Å². The molecule has 0 aliphatic rings. The molecule has 0 aliphatic heterocycles. The number of hydrogen-bond acceptors (Lipinski definition) is 3. The summed E-state index contributed by atoms with van der Waals surface area (Å²) in [4.78, 5) is 21.8. The van der Waals surface area contributed by atoms with Crippen molar-refractivity contribution < 1.29 is 19.4 Å². The van der Waals surface area contributed by atoms with E-state index in [4.69, 9.17) is 9.84 Å². The molecule has 2 atom stereocenters. The Labute approximate surface area is 89.8 Å². The van der Waals surface area contributed by atoms with E-state index in [0.717, 1.165) is 0 Å². The van der Waals surface area contributed by atoms with Crippen molar-refractivity contribution in [1.82, 2.24) is 5.32 Å². The summed E-state index contributed by atoms with van der Waals surface area (Å²) >= 11 is 0. The van der Waals surface area contributed by atoms with Crippen molar-refractivity contribution >= 4 is 11.9 Å². The lowest BCUT2D eigenvalue weighted by molar-refractivity contribution is -0.155. The van der Waals surface area contributed by atoms with Crippen LogP contribution in [0.5, 0.6) is 0 Å². The third-order valence-corrected chi connectivity index (χ3v) is 1.81. The molecule has 2 unspecified atom stereocenters. The minimum absolute atomic E-state index is 0.281. The van der Waals surface area contributed by atoms with Gasteiger partial charge in [-0.15, -0.1) is 0 Å². The third kappa shape index (κ3) is 6.06. The molecule has 0 aliphatic carbocycles. The van der Waals surface area contributed by atoms with Crippen molar-refractivity contribution in [2.24, 2.45) is 5.92 Å². The van der Waals surface area contributed by atoms with Crippen molar-refractivity contribution in [2.75, 3.05) is 6.54 Å². The van der Waals surface area contributed by atoms with Crippen molar-refractivity contribution in [3.63, 3.8) is 0 Å². The van der Waals surface area contributed by atoms with E-state index in [9.17, 15) is 9.59 Å². The number of carboxylic acid groups (broad SMARTS) is 1. The normalized spacial score (nSPS) is 14.7. The zero-order valence-corrected chi connectivity index (χ0v) is 9.61. The molecular weight excluding hydrogens is 198 g/mol. The molecule has 0 aromatic carbocycles. The summed E-state index contributed by atoms with van der Waals surface area (Å²) in [6.07, 6.45) is -1.71. The molecule has 5 nitrogen and oxygen atoms in total. The van der Waals surface area contributed by atoms with Crippen LogP contribution in [-0.4, -0.2) is 35.7 Å². The Bertz CT molecular complexity index is 227. The lowest BCUT2D eigenvalue weighted by atomic mass is 10.2. The highest BCUT2D eigenvalue weighted by Gasteiger charge is 2.20. The van der Waals surface area contributed by atoms with Gasteiger partial charge in [0.05, 0.1) is 0 Å². The van der Waals surface area contributed by atoms with Gasteiger partial charge >= 0.3 is 5.97 Å². The van der Waals surface area contributed by atoms with Gasteiger partial charge in [-0.3, -0.25) is 4.79 Å². The van der Waals surface area contributed by atoms with Gasteiger partial charge in [-0.2, -0.15) is 0 Å². The van der Waals surface area contributed by atoms with Crippen LogP contribution in [0.4, 0.5) is 0 Å². The summed E-state index contributed by atoms with van der Waals surface area (Å²) < 4.78 is 4.99. The van der Waals surface area contributed by atoms with Crippen molar-refractivity contribution in [3.05, 3.63) is 0 Å². The molecule has 5 heteroatoms. The maximum atomic E-state index is 11.4. The number of nitrogens with one attached hydrogen (secondary N) is 1. The largest absolute Gasteiger partial charge is 0.479 e. The zero-order valence-electron chi connectivity index (χ0n) is 9.61. The maximum Gasteiger partial charge on any atom is 0.332 e. The molecule has 0 saturated carbocycles. The monoisotopic (exact) mass is 217 g/mol. The van der Waals surface area contributed by atoms with Crippen LogP contribution in [0, 0.1) is 5.92 Å². The van der Waals surface area contributed by atoms with Gasteiger partial charge in [-0.1, -0.05) is 13.8 Å². The van der Waals surface area contributed by atoms with Crippen LogP contribution in [0.3, 0.4) is 0 Å². The average Bonchev–Trinajstić information content (AvgIpc) is 2.13. The number of carbonyl (C=O) groups is 2. The molecule has 0 bridgehead atoms. The van der Waals surface area contributed by atoms with Gasteiger partial charge in [0.2, 0.25) is 5.91 Å². The standard InChI is InChI=1S/C10H19NO4/c1-6(2)5-11-9(12)7(3)15-8(4)10(13)14/h6-8H,5H2,1-4H3,(H,11,12)(H,13,14). The summed E-state index contributed by atoms with van der Waals surface area (Å²) in [6.45, 7) is 7.45. The van der Waals surface area contributed by atoms with Gasteiger partial charge in [0, 0.05) is 6.54 Å². The first-order chi connectivity index (χ1) is 6.84. The van der Waals surface area contributed by atoms with Crippen molar-refractivity contribution in [2.45, 2.75) is 39.9 Å². The van der Waals surface area contributed by atoms with Crippen molar-refractivity contribution in [3.8, 4) is 0 Å². The summed E-state index contributed by atoms with van der Waals surface area (Å²) in [7, 11) is 0. The Morgan fingerprint density at radius 1 is 1.20 bits per heavy atom. The Morgan fingerprint density at radius 3 is 2.13 bits per heavy atom. The molecule has 0 radical (unpaired) electrons. The predicted octanol–water partition coefficient (Wildman–Crippen LogP) is 0.637. The quantitative estimate of drug-likeness (QED) is 0.684. The Morgan fingerprint density at radius 2 is 1.73 bits per heavy atom. The second-order valence-corrected chi connectivity index (χ2v) is 3.90. The van der Waals surface area contributed by atoms with E-state index in [1.165, 1.54) is 13.8 Å². The van der Waals surface area contributed by atoms with E-state index in [1.807, 2.05) is 13.8 Å². The van der Waals surface area contributed by atoms with E-state index in [1.54, 1.807) is 0 Å². The Balaban J connectivity index is 3.93. The fraction of sp³-hybridized carbons (Fsp3) is 0.800. The second kappa shape index (κ2) is 6.40. The van der Waals surface area contributed by atoms with Gasteiger partial charge in [0.15, 0.2) is 6.10 Å². The van der Waals surface area contributed by atoms with E-state index in [-0.39, 0.29) is 5.91 Å². The summed E-state index contributed by atoms with van der Waals surface area (Å²) in [5, 5.41) is 11.2. The number of aliphatic carboxylic acids is 1. The van der Waals surface area contributed by atoms with Crippen LogP contribution < -0.4 is 5.32 Å². The number of carboxylic acids is 1. The fourth-order valence-corrected chi connectivity index (χ4v) is 0.875. The highest BCUT2D eigenvalue weighted by atomic mass is 16.5. The van der Waals surface area contributed by atoms with Crippen LogP contribution in [-0.2, 0) is 14.3 Å². The molecule has 1 amide bonds. The Kier molecular flexibility index (Phi) is 5.93. The number of rotatable bonds is 6.